The van der Waals surface area contributed by atoms with Gasteiger partial charge in [0.25, 0.3) is 0 Å². The van der Waals surface area contributed by atoms with Crippen molar-refractivity contribution in [2.75, 3.05) is 0 Å². The monoisotopic (exact) mass is 285 g/mol. The van der Waals surface area contributed by atoms with Crippen LogP contribution in [0.3, 0.4) is 0 Å². The zero-order valence-electron chi connectivity index (χ0n) is 6.98. The number of hydrogen-bond donors (Lipinski definition) is 2. The molecule has 2 unspecified atom stereocenters. The fourth-order valence-electron chi connectivity index (χ4n) is 0. The van der Waals surface area contributed by atoms with Gasteiger partial charge in [0.1, 0.15) is 0 Å². The van der Waals surface area contributed by atoms with Crippen LogP contribution in [0.1, 0.15) is 13.8 Å². The summed E-state index contributed by atoms with van der Waals surface area (Å²) in [5.74, 6) is -2.87. The van der Waals surface area contributed by atoms with Crippen LogP contribution in [-0.4, -0.2) is 34.4 Å². The SMILES string of the molecule is CC(O)C(=O)[O-].CC(O)C(=O)[O-].[Ag+2]. The summed E-state index contributed by atoms with van der Waals surface area (Å²) >= 11 is 0. The number of aliphatic hydroxyl groups excluding tert-OH is 2. The minimum absolute atomic E-state index is 0. The molecule has 0 aliphatic carbocycles. The van der Waals surface area contributed by atoms with Crippen LogP contribution in [0.15, 0.2) is 0 Å². The number of carbonyl (C=O) groups excluding carboxylic acids is 2. The van der Waals surface area contributed by atoms with Crippen LogP contribution in [-0.2, 0) is 32.0 Å². The molecule has 2 N–H and O–H groups in total. The van der Waals surface area contributed by atoms with Gasteiger partial charge >= 0.3 is 22.4 Å². The first-order chi connectivity index (χ1) is 5.29. The van der Waals surface area contributed by atoms with Crippen molar-refractivity contribution in [3.05, 3.63) is 0 Å². The predicted molar refractivity (Wildman–Crippen MR) is 33.4 cm³/mol. The summed E-state index contributed by atoms with van der Waals surface area (Å²) < 4.78 is 0. The minimum atomic E-state index is -1.44. The largest absolute Gasteiger partial charge is 2.00 e. The molecule has 0 saturated carbocycles. The number of carboxylic acid groups (broad SMARTS) is 2. The van der Waals surface area contributed by atoms with Gasteiger partial charge in [-0.15, -0.1) is 0 Å². The van der Waals surface area contributed by atoms with Crippen molar-refractivity contribution in [1.82, 2.24) is 0 Å². The second kappa shape index (κ2) is 9.69. The van der Waals surface area contributed by atoms with E-state index in [9.17, 15) is 19.8 Å². The molecule has 1 radical (unpaired) electrons. The van der Waals surface area contributed by atoms with E-state index in [1.54, 1.807) is 0 Å². The number of hydrogen-bond acceptors (Lipinski definition) is 6. The Morgan fingerprint density at radius 1 is 1.00 bits per heavy atom. The quantitative estimate of drug-likeness (QED) is 0.503. The van der Waals surface area contributed by atoms with Gasteiger partial charge in [-0.2, -0.15) is 0 Å². The van der Waals surface area contributed by atoms with Crippen molar-refractivity contribution in [1.29, 1.82) is 0 Å². The van der Waals surface area contributed by atoms with Crippen LogP contribution in [0.2, 0.25) is 0 Å². The molecular weight excluding hydrogens is 276 g/mol. The molecule has 0 rings (SSSR count). The molecule has 0 aromatic rings. The van der Waals surface area contributed by atoms with Crippen molar-refractivity contribution in [2.24, 2.45) is 0 Å². The Hall–Kier alpha value is -0.400. The number of aliphatic carboxylic acids is 2. The molecule has 0 bridgehead atoms. The topological polar surface area (TPSA) is 121 Å². The zero-order valence-corrected chi connectivity index (χ0v) is 8.47. The van der Waals surface area contributed by atoms with Crippen LogP contribution >= 0.6 is 0 Å². The average Bonchev–Trinajstić information content (AvgIpc) is 1.88. The molecule has 81 valence electrons. The maximum Gasteiger partial charge on any atom is 2.00 e. The molecule has 13 heavy (non-hydrogen) atoms. The normalized spacial score (nSPS) is 12.6. The Morgan fingerprint density at radius 2 is 1.08 bits per heavy atom. The molecule has 0 aromatic heterocycles. The van der Waals surface area contributed by atoms with Gasteiger partial charge in [0.05, 0.1) is 24.1 Å². The van der Waals surface area contributed by atoms with Crippen LogP contribution in [0.4, 0.5) is 0 Å². The van der Waals surface area contributed by atoms with E-state index in [-0.39, 0.29) is 22.4 Å². The fraction of sp³-hybridized carbons (Fsp3) is 0.667. The summed E-state index contributed by atoms with van der Waals surface area (Å²) in [4.78, 5) is 18.7. The van der Waals surface area contributed by atoms with E-state index in [0.29, 0.717) is 0 Å². The molecule has 0 spiro atoms. The van der Waals surface area contributed by atoms with E-state index >= 15 is 0 Å². The Labute approximate surface area is 90.7 Å². The van der Waals surface area contributed by atoms with Crippen LogP contribution in [0, 0.1) is 0 Å². The smallest absolute Gasteiger partial charge is 0.547 e. The molecular formula is C6H10AgO6. The molecule has 0 aromatic carbocycles. The van der Waals surface area contributed by atoms with Crippen molar-refractivity contribution >= 4 is 11.9 Å². The Balaban J connectivity index is -0.000000143. The maximum atomic E-state index is 9.34. The Morgan fingerprint density at radius 3 is 1.08 bits per heavy atom. The number of rotatable bonds is 2. The first kappa shape index (κ1) is 18.4. The minimum Gasteiger partial charge on any atom is -0.547 e. The number of carbonyl (C=O) groups is 2. The van der Waals surface area contributed by atoms with Gasteiger partial charge in [0.15, 0.2) is 0 Å². The third-order valence-electron chi connectivity index (χ3n) is 0.682. The van der Waals surface area contributed by atoms with Gasteiger partial charge in [-0.1, -0.05) is 0 Å². The molecule has 6 nitrogen and oxygen atoms in total. The van der Waals surface area contributed by atoms with Crippen molar-refractivity contribution in [2.45, 2.75) is 26.1 Å². The molecule has 2 atom stereocenters. The summed E-state index contributed by atoms with van der Waals surface area (Å²) in [6, 6.07) is 0. The molecule has 0 aliphatic rings. The summed E-state index contributed by atoms with van der Waals surface area (Å²) in [5.41, 5.74) is 0. The first-order valence-corrected chi connectivity index (χ1v) is 3.06. The fourth-order valence-corrected chi connectivity index (χ4v) is 0. The van der Waals surface area contributed by atoms with Crippen molar-refractivity contribution in [3.63, 3.8) is 0 Å². The average molecular weight is 286 g/mol. The Bertz CT molecular complexity index is 137. The van der Waals surface area contributed by atoms with Gasteiger partial charge in [0, 0.05) is 0 Å². The summed E-state index contributed by atoms with van der Waals surface area (Å²) in [7, 11) is 0. The third-order valence-corrected chi connectivity index (χ3v) is 0.682. The second-order valence-corrected chi connectivity index (χ2v) is 1.99. The predicted octanol–water partition coefficient (Wildman–Crippen LogP) is -3.77. The standard InChI is InChI=1S/2C3H6O3.Ag/c2*1-2(4)3(5)6;/h2*2,4H,1H3,(H,5,6);/q;;+2/p-2. The van der Waals surface area contributed by atoms with E-state index < -0.39 is 24.1 Å². The van der Waals surface area contributed by atoms with Gasteiger partial charge < -0.3 is 30.0 Å². The van der Waals surface area contributed by atoms with Crippen LogP contribution < -0.4 is 10.2 Å². The van der Waals surface area contributed by atoms with Gasteiger partial charge in [-0.25, -0.2) is 0 Å². The third kappa shape index (κ3) is 18.5. The van der Waals surface area contributed by atoms with E-state index in [0.717, 1.165) is 13.8 Å². The van der Waals surface area contributed by atoms with Gasteiger partial charge in [-0.3, -0.25) is 0 Å². The van der Waals surface area contributed by atoms with Crippen molar-refractivity contribution in [3.8, 4) is 0 Å². The number of carboxylic acids is 2. The summed E-state index contributed by atoms with van der Waals surface area (Å²) in [6.07, 6.45) is -2.69. The summed E-state index contributed by atoms with van der Waals surface area (Å²) in [6.45, 7) is 2.27. The van der Waals surface area contributed by atoms with E-state index in [1.165, 1.54) is 0 Å². The van der Waals surface area contributed by atoms with Gasteiger partial charge in [-0.05, 0) is 13.8 Å². The zero-order chi connectivity index (χ0) is 10.3. The van der Waals surface area contributed by atoms with Crippen LogP contribution in [0.5, 0.6) is 0 Å². The van der Waals surface area contributed by atoms with E-state index in [1.807, 2.05) is 0 Å². The molecule has 0 heterocycles. The van der Waals surface area contributed by atoms with Crippen LogP contribution in [0.25, 0.3) is 0 Å². The second-order valence-electron chi connectivity index (χ2n) is 1.99. The number of aliphatic hydroxyl groups is 2. The van der Waals surface area contributed by atoms with E-state index in [2.05, 4.69) is 0 Å². The van der Waals surface area contributed by atoms with E-state index in [4.69, 9.17) is 10.2 Å². The maximum absolute atomic E-state index is 9.34. The summed E-state index contributed by atoms with van der Waals surface area (Å²) in [5, 5.41) is 34.6. The Kier molecular flexibility index (Phi) is 13.7. The molecule has 0 amide bonds. The molecule has 0 aliphatic heterocycles. The molecule has 0 saturated heterocycles. The van der Waals surface area contributed by atoms with Crippen molar-refractivity contribution < 1.29 is 52.4 Å². The van der Waals surface area contributed by atoms with Gasteiger partial charge in [0.2, 0.25) is 0 Å². The molecule has 7 heteroatoms. The first-order valence-electron chi connectivity index (χ1n) is 3.06. The molecule has 0 fully saturated rings.